The van der Waals surface area contributed by atoms with Crippen LogP contribution >= 0.6 is 11.7 Å². The molecule has 0 atom stereocenters. The largest absolute Gasteiger partial charge is 0.467 e. The summed E-state index contributed by atoms with van der Waals surface area (Å²) in [5.74, 6) is 0.700. The molecule has 0 aliphatic heterocycles. The summed E-state index contributed by atoms with van der Waals surface area (Å²) in [7, 11) is 0. The van der Waals surface area contributed by atoms with Crippen LogP contribution in [0, 0.1) is 10.1 Å². The molecule has 1 N–H and O–H groups in total. The number of nitrogens with one attached hydrogen (secondary N) is 1. The standard InChI is InChI=1S/C11H8N4O3S/c16-15(17)11-9(12-6-7-2-1-5-18-7)4-3-8-10(11)14-19-13-8/h1-5,12H,6H2. The molecule has 0 bridgehead atoms. The van der Waals surface area contributed by atoms with Crippen LogP contribution in [0.3, 0.4) is 0 Å². The minimum absolute atomic E-state index is 0.0576. The quantitative estimate of drug-likeness (QED) is 0.581. The van der Waals surface area contributed by atoms with Gasteiger partial charge in [-0.1, -0.05) is 0 Å². The number of nitro groups is 1. The Kier molecular flexibility index (Phi) is 2.84. The predicted molar refractivity (Wildman–Crippen MR) is 70.1 cm³/mol. The molecule has 3 rings (SSSR count). The summed E-state index contributed by atoms with van der Waals surface area (Å²) in [6.07, 6.45) is 1.55. The van der Waals surface area contributed by atoms with E-state index in [1.54, 1.807) is 30.5 Å². The Bertz CT molecular complexity index is 723. The maximum Gasteiger partial charge on any atom is 0.321 e. The van der Waals surface area contributed by atoms with Gasteiger partial charge in [-0.15, -0.1) is 0 Å². The van der Waals surface area contributed by atoms with Crippen LogP contribution in [-0.2, 0) is 6.54 Å². The second-order valence-electron chi connectivity index (χ2n) is 3.78. The van der Waals surface area contributed by atoms with Gasteiger partial charge in [-0.05, 0) is 24.3 Å². The first-order chi connectivity index (χ1) is 9.25. The van der Waals surface area contributed by atoms with E-state index < -0.39 is 4.92 Å². The topological polar surface area (TPSA) is 94.1 Å². The molecule has 0 saturated heterocycles. The minimum Gasteiger partial charge on any atom is -0.467 e. The highest BCUT2D eigenvalue weighted by molar-refractivity contribution is 7.00. The molecule has 0 saturated carbocycles. The molecule has 0 aliphatic rings. The lowest BCUT2D eigenvalue weighted by Gasteiger charge is -2.05. The number of nitrogens with zero attached hydrogens (tertiary/aromatic N) is 3. The highest BCUT2D eigenvalue weighted by Crippen LogP contribution is 2.32. The number of benzene rings is 1. The highest BCUT2D eigenvalue weighted by atomic mass is 32.1. The zero-order chi connectivity index (χ0) is 13.2. The Morgan fingerprint density at radius 2 is 2.26 bits per heavy atom. The molecule has 2 heterocycles. The number of aromatic nitrogens is 2. The van der Waals surface area contributed by atoms with Crippen LogP contribution in [0.25, 0.3) is 11.0 Å². The summed E-state index contributed by atoms with van der Waals surface area (Å²) in [4.78, 5) is 10.7. The van der Waals surface area contributed by atoms with Gasteiger partial charge >= 0.3 is 5.69 Å². The predicted octanol–water partition coefficient (Wildman–Crippen LogP) is 2.80. The average molecular weight is 276 g/mol. The van der Waals surface area contributed by atoms with Gasteiger partial charge in [0.1, 0.15) is 17.0 Å². The third-order valence-electron chi connectivity index (χ3n) is 2.62. The number of rotatable bonds is 4. The molecule has 0 unspecified atom stereocenters. The maximum atomic E-state index is 11.2. The lowest BCUT2D eigenvalue weighted by molar-refractivity contribution is -0.382. The Morgan fingerprint density at radius 1 is 1.37 bits per heavy atom. The van der Waals surface area contributed by atoms with Crippen molar-refractivity contribution in [3.8, 4) is 0 Å². The number of anilines is 1. The van der Waals surface area contributed by atoms with E-state index in [9.17, 15) is 10.1 Å². The fourth-order valence-corrected chi connectivity index (χ4v) is 2.30. The van der Waals surface area contributed by atoms with Crippen molar-refractivity contribution in [3.05, 3.63) is 46.4 Å². The average Bonchev–Trinajstić information content (AvgIpc) is 3.06. The Hall–Kier alpha value is -2.48. The van der Waals surface area contributed by atoms with Crippen LogP contribution in [-0.4, -0.2) is 13.7 Å². The lowest BCUT2D eigenvalue weighted by atomic mass is 10.2. The van der Waals surface area contributed by atoms with Gasteiger partial charge in [0, 0.05) is 0 Å². The first-order valence-electron chi connectivity index (χ1n) is 5.41. The monoisotopic (exact) mass is 276 g/mol. The molecule has 0 aliphatic carbocycles. The van der Waals surface area contributed by atoms with E-state index in [1.807, 2.05) is 0 Å². The fourth-order valence-electron chi connectivity index (χ4n) is 1.76. The Balaban J connectivity index is 1.97. The summed E-state index contributed by atoms with van der Waals surface area (Å²) in [5, 5.41) is 14.2. The molecule has 19 heavy (non-hydrogen) atoms. The SMILES string of the molecule is O=[N+]([O-])c1c(NCc2ccco2)ccc2nsnc12. The molecule has 8 heteroatoms. The molecule has 0 radical (unpaired) electrons. The molecule has 0 spiro atoms. The van der Waals surface area contributed by atoms with Gasteiger partial charge in [0.25, 0.3) is 0 Å². The summed E-state index contributed by atoms with van der Waals surface area (Å²) in [6, 6.07) is 6.89. The molecular formula is C11H8N4O3S. The Labute approximate surface area is 111 Å². The lowest BCUT2D eigenvalue weighted by Crippen LogP contribution is -2.02. The van der Waals surface area contributed by atoms with Crippen LogP contribution in [0.2, 0.25) is 0 Å². The summed E-state index contributed by atoms with van der Waals surface area (Å²) in [6.45, 7) is 0.372. The number of furan rings is 1. The molecular weight excluding hydrogens is 268 g/mol. The first kappa shape index (κ1) is 11.6. The molecule has 0 amide bonds. The smallest absolute Gasteiger partial charge is 0.321 e. The molecule has 7 nitrogen and oxygen atoms in total. The number of nitro benzene ring substituents is 1. The molecule has 1 aromatic carbocycles. The van der Waals surface area contributed by atoms with Crippen LogP contribution in [0.4, 0.5) is 11.4 Å². The summed E-state index contributed by atoms with van der Waals surface area (Å²) in [5.41, 5.74) is 1.18. The third kappa shape index (κ3) is 2.13. The first-order valence-corrected chi connectivity index (χ1v) is 6.14. The van der Waals surface area contributed by atoms with Crippen molar-refractivity contribution in [3.63, 3.8) is 0 Å². The van der Waals surface area contributed by atoms with E-state index in [1.165, 1.54) is 0 Å². The van der Waals surface area contributed by atoms with Crippen molar-refractivity contribution in [1.29, 1.82) is 0 Å². The number of hydrogen-bond acceptors (Lipinski definition) is 7. The minimum atomic E-state index is -0.450. The second-order valence-corrected chi connectivity index (χ2v) is 4.31. The van der Waals surface area contributed by atoms with Crippen LogP contribution < -0.4 is 5.32 Å². The molecule has 3 aromatic rings. The highest BCUT2D eigenvalue weighted by Gasteiger charge is 2.21. The van der Waals surface area contributed by atoms with Gasteiger partial charge < -0.3 is 9.73 Å². The number of hydrogen-bond donors (Lipinski definition) is 1. The van der Waals surface area contributed by atoms with Crippen LogP contribution in [0.1, 0.15) is 5.76 Å². The fraction of sp³-hybridized carbons (Fsp3) is 0.0909. The van der Waals surface area contributed by atoms with Crippen LogP contribution in [0.15, 0.2) is 34.9 Å². The zero-order valence-electron chi connectivity index (χ0n) is 9.57. The van der Waals surface area contributed by atoms with E-state index in [0.717, 1.165) is 11.7 Å². The molecule has 96 valence electrons. The third-order valence-corrected chi connectivity index (χ3v) is 3.16. The van der Waals surface area contributed by atoms with Crippen molar-refractivity contribution < 1.29 is 9.34 Å². The van der Waals surface area contributed by atoms with Gasteiger partial charge in [-0.25, -0.2) is 0 Å². The normalized spacial score (nSPS) is 10.7. The van der Waals surface area contributed by atoms with Gasteiger partial charge in [0.15, 0.2) is 5.52 Å². The van der Waals surface area contributed by atoms with Gasteiger partial charge in [-0.2, -0.15) is 8.75 Å². The second kappa shape index (κ2) is 4.65. The van der Waals surface area contributed by atoms with Crippen molar-refractivity contribution in [1.82, 2.24) is 8.75 Å². The summed E-state index contributed by atoms with van der Waals surface area (Å²) >= 11 is 0.958. The maximum absolute atomic E-state index is 11.2. The Morgan fingerprint density at radius 3 is 3.00 bits per heavy atom. The van der Waals surface area contributed by atoms with Crippen molar-refractivity contribution in [2.45, 2.75) is 6.54 Å². The van der Waals surface area contributed by atoms with E-state index in [4.69, 9.17) is 4.42 Å². The van der Waals surface area contributed by atoms with E-state index in [-0.39, 0.29) is 5.69 Å². The zero-order valence-corrected chi connectivity index (χ0v) is 10.4. The summed E-state index contributed by atoms with van der Waals surface area (Å²) < 4.78 is 13.1. The van der Waals surface area contributed by atoms with Crippen LogP contribution in [0.5, 0.6) is 0 Å². The molecule has 0 fully saturated rings. The number of fused-ring (bicyclic) bond motifs is 1. The van der Waals surface area contributed by atoms with E-state index >= 15 is 0 Å². The van der Waals surface area contributed by atoms with E-state index in [2.05, 4.69) is 14.1 Å². The van der Waals surface area contributed by atoms with Gasteiger partial charge in [0.05, 0.1) is 29.5 Å². The van der Waals surface area contributed by atoms with Crippen molar-refractivity contribution >= 4 is 34.1 Å². The molecule has 2 aromatic heterocycles. The van der Waals surface area contributed by atoms with Gasteiger partial charge in [-0.3, -0.25) is 10.1 Å². The van der Waals surface area contributed by atoms with Gasteiger partial charge in [0.2, 0.25) is 0 Å². The van der Waals surface area contributed by atoms with Crippen molar-refractivity contribution in [2.24, 2.45) is 0 Å². The van der Waals surface area contributed by atoms with E-state index in [0.29, 0.717) is 29.0 Å². The van der Waals surface area contributed by atoms with Crippen molar-refractivity contribution in [2.75, 3.05) is 5.32 Å².